The van der Waals surface area contributed by atoms with Crippen molar-refractivity contribution in [2.75, 3.05) is 26.7 Å². The van der Waals surface area contributed by atoms with E-state index < -0.39 is 5.60 Å². The van der Waals surface area contributed by atoms with Gasteiger partial charge in [-0.2, -0.15) is 0 Å². The smallest absolute Gasteiger partial charge is 0.410 e. The summed E-state index contributed by atoms with van der Waals surface area (Å²) in [7, 11) is 1.85. The van der Waals surface area contributed by atoms with Crippen molar-refractivity contribution in [3.8, 4) is 0 Å². The van der Waals surface area contributed by atoms with Crippen molar-refractivity contribution in [1.82, 2.24) is 9.80 Å². The van der Waals surface area contributed by atoms with Crippen LogP contribution < -0.4 is 0 Å². The Labute approximate surface area is 105 Å². The minimum Gasteiger partial charge on any atom is -0.444 e. The summed E-state index contributed by atoms with van der Waals surface area (Å²) in [5.41, 5.74) is -0.407. The van der Waals surface area contributed by atoms with E-state index in [0.29, 0.717) is 6.04 Å². The molecule has 0 aromatic heterocycles. The number of hydrogen-bond acceptors (Lipinski definition) is 3. The molecule has 1 saturated heterocycles. The van der Waals surface area contributed by atoms with Crippen LogP contribution in [-0.4, -0.2) is 54.2 Å². The third-order valence-corrected chi connectivity index (χ3v) is 3.23. The SMILES string of the molecule is CCN1CCC(N(C)C(=O)OC(C)(C)C)CC1. The van der Waals surface area contributed by atoms with Gasteiger partial charge in [0.1, 0.15) is 5.60 Å². The maximum absolute atomic E-state index is 11.9. The van der Waals surface area contributed by atoms with E-state index in [4.69, 9.17) is 4.74 Å². The first-order chi connectivity index (χ1) is 7.83. The van der Waals surface area contributed by atoms with Crippen LogP contribution in [0.3, 0.4) is 0 Å². The monoisotopic (exact) mass is 242 g/mol. The first kappa shape index (κ1) is 14.3. The Kier molecular flexibility index (Phi) is 4.80. The van der Waals surface area contributed by atoms with Gasteiger partial charge in [0.2, 0.25) is 0 Å². The first-order valence-electron chi connectivity index (χ1n) is 6.51. The molecule has 0 N–H and O–H groups in total. The fourth-order valence-corrected chi connectivity index (χ4v) is 2.11. The number of ether oxygens (including phenoxy) is 1. The van der Waals surface area contributed by atoms with Gasteiger partial charge < -0.3 is 14.5 Å². The lowest BCUT2D eigenvalue weighted by Gasteiger charge is -2.36. The Morgan fingerprint density at radius 1 is 1.35 bits per heavy atom. The minimum absolute atomic E-state index is 0.201. The van der Waals surface area contributed by atoms with Gasteiger partial charge in [-0.25, -0.2) is 4.79 Å². The summed E-state index contributed by atoms with van der Waals surface area (Å²) in [6.07, 6.45) is 1.89. The van der Waals surface area contributed by atoms with Crippen LogP contribution >= 0.6 is 0 Å². The lowest BCUT2D eigenvalue weighted by molar-refractivity contribution is 0.0155. The van der Waals surface area contributed by atoms with E-state index in [9.17, 15) is 4.79 Å². The number of carbonyl (C=O) groups excluding carboxylic acids is 1. The van der Waals surface area contributed by atoms with Crippen molar-refractivity contribution in [3.05, 3.63) is 0 Å². The summed E-state index contributed by atoms with van der Waals surface area (Å²) in [4.78, 5) is 16.1. The summed E-state index contributed by atoms with van der Waals surface area (Å²) in [5, 5.41) is 0. The third kappa shape index (κ3) is 4.54. The highest BCUT2D eigenvalue weighted by molar-refractivity contribution is 5.68. The maximum atomic E-state index is 11.9. The molecule has 1 aliphatic rings. The molecule has 1 fully saturated rings. The molecule has 1 aliphatic heterocycles. The predicted molar refractivity (Wildman–Crippen MR) is 69.1 cm³/mol. The zero-order valence-corrected chi connectivity index (χ0v) is 11.8. The van der Waals surface area contributed by atoms with Crippen molar-refractivity contribution in [1.29, 1.82) is 0 Å². The van der Waals surface area contributed by atoms with Gasteiger partial charge in [-0.05, 0) is 40.2 Å². The molecule has 0 saturated carbocycles. The van der Waals surface area contributed by atoms with Crippen LogP contribution in [0.25, 0.3) is 0 Å². The van der Waals surface area contributed by atoms with Gasteiger partial charge in [0.05, 0.1) is 0 Å². The van der Waals surface area contributed by atoms with Crippen LogP contribution in [0.2, 0.25) is 0 Å². The van der Waals surface area contributed by atoms with Crippen LogP contribution in [0.1, 0.15) is 40.5 Å². The van der Waals surface area contributed by atoms with Crippen molar-refractivity contribution < 1.29 is 9.53 Å². The van der Waals surface area contributed by atoms with Gasteiger partial charge in [0.15, 0.2) is 0 Å². The van der Waals surface area contributed by atoms with Crippen LogP contribution in [0, 0.1) is 0 Å². The quantitative estimate of drug-likeness (QED) is 0.745. The van der Waals surface area contributed by atoms with Gasteiger partial charge in [-0.3, -0.25) is 0 Å². The van der Waals surface area contributed by atoms with E-state index in [2.05, 4.69) is 11.8 Å². The number of carbonyl (C=O) groups is 1. The molecule has 4 heteroatoms. The molecular formula is C13H26N2O2. The molecule has 1 rings (SSSR count). The molecule has 0 bridgehead atoms. The number of amides is 1. The molecule has 1 amide bonds. The summed E-state index contributed by atoms with van der Waals surface area (Å²) in [6, 6.07) is 0.327. The number of rotatable bonds is 2. The Morgan fingerprint density at radius 2 is 1.88 bits per heavy atom. The summed E-state index contributed by atoms with van der Waals surface area (Å²) in [6.45, 7) is 11.1. The van der Waals surface area contributed by atoms with Crippen LogP contribution in [-0.2, 0) is 4.74 Å². The molecular weight excluding hydrogens is 216 g/mol. The zero-order valence-electron chi connectivity index (χ0n) is 11.8. The van der Waals surface area contributed by atoms with Crippen molar-refractivity contribution >= 4 is 6.09 Å². The van der Waals surface area contributed by atoms with Crippen molar-refractivity contribution in [2.24, 2.45) is 0 Å². The lowest BCUT2D eigenvalue weighted by Crippen LogP contribution is -2.46. The number of likely N-dealkylation sites (tertiary alicyclic amines) is 1. The fourth-order valence-electron chi connectivity index (χ4n) is 2.11. The molecule has 100 valence electrons. The molecule has 0 atom stereocenters. The zero-order chi connectivity index (χ0) is 13.1. The Bertz CT molecular complexity index is 253. The Hall–Kier alpha value is -0.770. The van der Waals surface area contributed by atoms with Gasteiger partial charge in [0, 0.05) is 26.2 Å². The average Bonchev–Trinajstić information content (AvgIpc) is 2.26. The molecule has 0 aliphatic carbocycles. The van der Waals surface area contributed by atoms with Crippen LogP contribution in [0.5, 0.6) is 0 Å². The fraction of sp³-hybridized carbons (Fsp3) is 0.923. The van der Waals surface area contributed by atoms with E-state index in [0.717, 1.165) is 32.5 Å². The third-order valence-electron chi connectivity index (χ3n) is 3.23. The van der Waals surface area contributed by atoms with Crippen molar-refractivity contribution in [3.63, 3.8) is 0 Å². The van der Waals surface area contributed by atoms with Gasteiger partial charge >= 0.3 is 6.09 Å². The molecule has 0 spiro atoms. The largest absolute Gasteiger partial charge is 0.444 e. The first-order valence-corrected chi connectivity index (χ1v) is 6.51. The Morgan fingerprint density at radius 3 is 2.29 bits per heavy atom. The normalized spacial score (nSPS) is 19.1. The molecule has 0 aromatic rings. The second-order valence-corrected chi connectivity index (χ2v) is 5.76. The predicted octanol–water partition coefficient (Wildman–Crippen LogP) is 2.34. The molecule has 0 radical (unpaired) electrons. The van der Waals surface area contributed by atoms with E-state index in [1.807, 2.05) is 27.8 Å². The van der Waals surface area contributed by atoms with Gasteiger partial charge in [0.25, 0.3) is 0 Å². The molecule has 0 unspecified atom stereocenters. The van der Waals surface area contributed by atoms with Crippen molar-refractivity contribution in [2.45, 2.75) is 52.2 Å². The second kappa shape index (κ2) is 5.71. The molecule has 1 heterocycles. The summed E-state index contributed by atoms with van der Waals surface area (Å²) < 4.78 is 5.38. The highest BCUT2D eigenvalue weighted by Gasteiger charge is 2.27. The van der Waals surface area contributed by atoms with E-state index >= 15 is 0 Å². The average molecular weight is 242 g/mol. The number of nitrogens with zero attached hydrogens (tertiary/aromatic N) is 2. The number of piperidine rings is 1. The highest BCUT2D eigenvalue weighted by atomic mass is 16.6. The summed E-state index contributed by atoms with van der Waals surface area (Å²) in [5.74, 6) is 0. The van der Waals surface area contributed by atoms with E-state index in [1.165, 1.54) is 0 Å². The Balaban J connectivity index is 2.43. The standard InChI is InChI=1S/C13H26N2O2/c1-6-15-9-7-11(8-10-15)14(5)12(16)17-13(2,3)4/h11H,6-10H2,1-5H3. The molecule has 0 aromatic carbocycles. The molecule has 17 heavy (non-hydrogen) atoms. The topological polar surface area (TPSA) is 32.8 Å². The van der Waals surface area contributed by atoms with E-state index in [1.54, 1.807) is 4.90 Å². The van der Waals surface area contributed by atoms with Crippen LogP contribution in [0.4, 0.5) is 4.79 Å². The second-order valence-electron chi connectivity index (χ2n) is 5.76. The summed E-state index contributed by atoms with van der Waals surface area (Å²) >= 11 is 0. The maximum Gasteiger partial charge on any atom is 0.410 e. The molecule has 4 nitrogen and oxygen atoms in total. The van der Waals surface area contributed by atoms with Gasteiger partial charge in [-0.15, -0.1) is 0 Å². The van der Waals surface area contributed by atoms with E-state index in [-0.39, 0.29) is 6.09 Å². The van der Waals surface area contributed by atoms with Gasteiger partial charge in [-0.1, -0.05) is 6.92 Å². The lowest BCUT2D eigenvalue weighted by atomic mass is 10.0. The van der Waals surface area contributed by atoms with Crippen LogP contribution in [0.15, 0.2) is 0 Å². The highest BCUT2D eigenvalue weighted by Crippen LogP contribution is 2.18. The number of hydrogen-bond donors (Lipinski definition) is 0. The minimum atomic E-state index is -0.407.